The molecule has 94 valence electrons. The minimum atomic E-state index is -0.856. The van der Waals surface area contributed by atoms with Crippen LogP contribution in [0.15, 0.2) is 34.0 Å². The van der Waals surface area contributed by atoms with E-state index in [1.165, 1.54) is 12.3 Å². The van der Waals surface area contributed by atoms with Crippen molar-refractivity contribution in [3.05, 3.63) is 55.2 Å². The van der Waals surface area contributed by atoms with Crippen LogP contribution in [0.3, 0.4) is 0 Å². The van der Waals surface area contributed by atoms with Crippen LogP contribution in [0, 0.1) is 10.1 Å². The molecule has 1 aromatic carbocycles. The van der Waals surface area contributed by atoms with E-state index >= 15 is 0 Å². The standard InChI is InChI=1S/C11H6N4O4/c16-10-11(17)14-8-5-2-1-3-12-9(5)7(15(18)19)4-6(8)13-10/h1-4H,(H,13,16)(H,14,17). The fraction of sp³-hybridized carbons (Fsp3) is 0. The first-order chi connectivity index (χ1) is 9.08. The van der Waals surface area contributed by atoms with Crippen molar-refractivity contribution in [3.63, 3.8) is 0 Å². The quantitative estimate of drug-likeness (QED) is 0.287. The molecule has 2 aromatic heterocycles. The first kappa shape index (κ1) is 11.1. The molecule has 8 nitrogen and oxygen atoms in total. The number of H-pyrrole nitrogens is 2. The molecule has 2 N–H and O–H groups in total. The van der Waals surface area contributed by atoms with Gasteiger partial charge < -0.3 is 9.97 Å². The van der Waals surface area contributed by atoms with Gasteiger partial charge in [0.15, 0.2) is 0 Å². The molecule has 0 atom stereocenters. The number of nitro benzene ring substituents is 1. The van der Waals surface area contributed by atoms with Crippen molar-refractivity contribution in [2.75, 3.05) is 0 Å². The van der Waals surface area contributed by atoms with Crippen molar-refractivity contribution in [1.82, 2.24) is 15.0 Å². The van der Waals surface area contributed by atoms with E-state index in [0.29, 0.717) is 10.9 Å². The zero-order valence-corrected chi connectivity index (χ0v) is 9.34. The normalized spacial score (nSPS) is 10.9. The molecule has 0 unspecified atom stereocenters. The smallest absolute Gasteiger partial charge is 0.314 e. The molecule has 0 spiro atoms. The molecule has 0 fully saturated rings. The van der Waals surface area contributed by atoms with Crippen LogP contribution < -0.4 is 11.1 Å². The Hall–Kier alpha value is -3.03. The van der Waals surface area contributed by atoms with Gasteiger partial charge in [0.2, 0.25) is 0 Å². The van der Waals surface area contributed by atoms with Gasteiger partial charge in [0.1, 0.15) is 5.52 Å². The zero-order chi connectivity index (χ0) is 13.6. The number of nitro groups is 1. The van der Waals surface area contributed by atoms with Crippen molar-refractivity contribution in [3.8, 4) is 0 Å². The third-order valence-corrected chi connectivity index (χ3v) is 2.76. The molecule has 0 aliphatic heterocycles. The molecule has 8 heteroatoms. The summed E-state index contributed by atoms with van der Waals surface area (Å²) in [7, 11) is 0. The Bertz CT molecular complexity index is 941. The Labute approximate surface area is 103 Å². The van der Waals surface area contributed by atoms with Gasteiger partial charge >= 0.3 is 11.1 Å². The molecular formula is C11H6N4O4. The second-order valence-corrected chi connectivity index (χ2v) is 3.88. The molecular weight excluding hydrogens is 252 g/mol. The van der Waals surface area contributed by atoms with Gasteiger partial charge in [0.05, 0.1) is 16.0 Å². The average Bonchev–Trinajstić information content (AvgIpc) is 2.39. The van der Waals surface area contributed by atoms with Crippen LogP contribution in [0.2, 0.25) is 0 Å². The maximum absolute atomic E-state index is 11.3. The summed E-state index contributed by atoms with van der Waals surface area (Å²) >= 11 is 0. The summed E-state index contributed by atoms with van der Waals surface area (Å²) in [5.41, 5.74) is -1.24. The largest absolute Gasteiger partial charge is 0.316 e. The van der Waals surface area contributed by atoms with Gasteiger partial charge in [-0.3, -0.25) is 19.7 Å². The van der Waals surface area contributed by atoms with E-state index in [9.17, 15) is 19.7 Å². The van der Waals surface area contributed by atoms with E-state index in [-0.39, 0.29) is 16.7 Å². The number of benzene rings is 1. The molecule has 3 rings (SSSR count). The maximum Gasteiger partial charge on any atom is 0.314 e. The van der Waals surface area contributed by atoms with Crippen molar-refractivity contribution in [2.45, 2.75) is 0 Å². The van der Waals surface area contributed by atoms with Crippen LogP contribution >= 0.6 is 0 Å². The van der Waals surface area contributed by atoms with Gasteiger partial charge in [-0.15, -0.1) is 0 Å². The third kappa shape index (κ3) is 1.58. The number of aromatic amines is 2. The van der Waals surface area contributed by atoms with Gasteiger partial charge in [-0.05, 0) is 12.1 Å². The lowest BCUT2D eigenvalue weighted by Gasteiger charge is -2.03. The summed E-state index contributed by atoms with van der Waals surface area (Å²) in [5, 5.41) is 11.4. The van der Waals surface area contributed by atoms with Gasteiger partial charge in [-0.2, -0.15) is 0 Å². The predicted octanol–water partition coefficient (Wildman–Crippen LogP) is 0.673. The first-order valence-corrected chi connectivity index (χ1v) is 5.26. The number of hydrogen-bond acceptors (Lipinski definition) is 5. The Morgan fingerprint density at radius 2 is 1.95 bits per heavy atom. The molecule has 0 saturated heterocycles. The molecule has 0 aliphatic carbocycles. The highest BCUT2D eigenvalue weighted by atomic mass is 16.6. The minimum Gasteiger partial charge on any atom is -0.316 e. The van der Waals surface area contributed by atoms with Crippen LogP contribution in [-0.4, -0.2) is 19.9 Å². The Morgan fingerprint density at radius 1 is 1.21 bits per heavy atom. The monoisotopic (exact) mass is 258 g/mol. The van der Waals surface area contributed by atoms with Gasteiger partial charge in [-0.25, -0.2) is 4.98 Å². The molecule has 19 heavy (non-hydrogen) atoms. The number of nitrogens with zero attached hydrogens (tertiary/aromatic N) is 2. The lowest BCUT2D eigenvalue weighted by Crippen LogP contribution is -2.29. The molecule has 2 heterocycles. The third-order valence-electron chi connectivity index (χ3n) is 2.76. The van der Waals surface area contributed by atoms with Crippen molar-refractivity contribution in [2.24, 2.45) is 0 Å². The number of non-ortho nitro benzene ring substituents is 1. The van der Waals surface area contributed by atoms with Crippen LogP contribution in [0.25, 0.3) is 21.9 Å². The molecule has 0 amide bonds. The number of fused-ring (bicyclic) bond motifs is 3. The summed E-state index contributed by atoms with van der Waals surface area (Å²) in [6.07, 6.45) is 1.42. The minimum absolute atomic E-state index is 0.155. The molecule has 0 radical (unpaired) electrons. The van der Waals surface area contributed by atoms with E-state index in [2.05, 4.69) is 15.0 Å². The van der Waals surface area contributed by atoms with Gasteiger partial charge in [-0.1, -0.05) is 0 Å². The lowest BCUT2D eigenvalue weighted by molar-refractivity contribution is -0.383. The van der Waals surface area contributed by atoms with Crippen LogP contribution in [-0.2, 0) is 0 Å². The predicted molar refractivity (Wildman–Crippen MR) is 67.1 cm³/mol. The zero-order valence-electron chi connectivity index (χ0n) is 9.34. The fourth-order valence-corrected chi connectivity index (χ4v) is 1.96. The van der Waals surface area contributed by atoms with E-state index in [4.69, 9.17) is 0 Å². The number of pyridine rings is 1. The number of rotatable bonds is 1. The van der Waals surface area contributed by atoms with Crippen LogP contribution in [0.5, 0.6) is 0 Å². The maximum atomic E-state index is 11.3. The van der Waals surface area contributed by atoms with E-state index in [1.54, 1.807) is 12.1 Å². The van der Waals surface area contributed by atoms with E-state index < -0.39 is 16.0 Å². The Morgan fingerprint density at radius 3 is 2.68 bits per heavy atom. The van der Waals surface area contributed by atoms with Gasteiger partial charge in [0, 0.05) is 17.6 Å². The molecule has 0 bridgehead atoms. The summed E-state index contributed by atoms with van der Waals surface area (Å²) in [6.45, 7) is 0. The van der Waals surface area contributed by atoms with Crippen LogP contribution in [0.4, 0.5) is 5.69 Å². The summed E-state index contributed by atoms with van der Waals surface area (Å²) in [6, 6.07) is 4.36. The molecule has 0 aliphatic rings. The Kier molecular flexibility index (Phi) is 2.18. The second-order valence-electron chi connectivity index (χ2n) is 3.88. The highest BCUT2D eigenvalue weighted by Gasteiger charge is 2.17. The average molecular weight is 258 g/mol. The number of nitrogens with one attached hydrogen (secondary N) is 2. The summed E-state index contributed by atoms with van der Waals surface area (Å²) in [5.74, 6) is 0. The molecule has 3 aromatic rings. The summed E-state index contributed by atoms with van der Waals surface area (Å²) in [4.78, 5) is 41.7. The SMILES string of the molecule is O=c1[nH]c2cc([N+](=O)[O-])c3ncccc3c2[nH]c1=O. The fourth-order valence-electron chi connectivity index (χ4n) is 1.96. The number of hydrogen-bond donors (Lipinski definition) is 2. The second kappa shape index (κ2) is 3.73. The number of aromatic nitrogens is 3. The van der Waals surface area contributed by atoms with E-state index in [0.717, 1.165) is 0 Å². The topological polar surface area (TPSA) is 122 Å². The van der Waals surface area contributed by atoms with Crippen molar-refractivity contribution in [1.29, 1.82) is 0 Å². The first-order valence-electron chi connectivity index (χ1n) is 5.26. The lowest BCUT2D eigenvalue weighted by atomic mass is 10.1. The molecule has 0 saturated carbocycles. The van der Waals surface area contributed by atoms with Crippen LogP contribution in [0.1, 0.15) is 0 Å². The van der Waals surface area contributed by atoms with Crippen molar-refractivity contribution >= 4 is 27.6 Å². The Balaban J connectivity index is 2.65. The highest BCUT2D eigenvalue weighted by Crippen LogP contribution is 2.28. The van der Waals surface area contributed by atoms with Crippen molar-refractivity contribution < 1.29 is 4.92 Å². The van der Waals surface area contributed by atoms with E-state index in [1.807, 2.05) is 0 Å². The summed E-state index contributed by atoms with van der Waals surface area (Å²) < 4.78 is 0. The highest BCUT2D eigenvalue weighted by molar-refractivity contribution is 6.06. The van der Waals surface area contributed by atoms with Gasteiger partial charge in [0.25, 0.3) is 5.69 Å².